The van der Waals surface area contributed by atoms with Gasteiger partial charge in [-0.3, -0.25) is 14.2 Å². The Hall–Kier alpha value is -2.34. The van der Waals surface area contributed by atoms with Crippen molar-refractivity contribution in [3.8, 4) is 0 Å². The average molecular weight is 469 g/mol. The highest BCUT2D eigenvalue weighted by molar-refractivity contribution is 5.82. The molecular weight excluding hydrogens is 443 g/mol. The Morgan fingerprint density at radius 1 is 1.12 bits per heavy atom. The van der Waals surface area contributed by atoms with Gasteiger partial charge < -0.3 is 24.2 Å². The van der Waals surface area contributed by atoms with E-state index in [4.69, 9.17) is 9.47 Å². The van der Waals surface area contributed by atoms with E-state index in [1.165, 1.54) is 10.6 Å². The summed E-state index contributed by atoms with van der Waals surface area (Å²) in [6.07, 6.45) is -2.41. The summed E-state index contributed by atoms with van der Waals surface area (Å²) in [4.78, 5) is 35.3. The molecule has 1 amide bonds. The van der Waals surface area contributed by atoms with Gasteiger partial charge in [-0.2, -0.15) is 18.2 Å². The number of fused-ring (bicyclic) bond motifs is 5. The number of anilines is 2. The van der Waals surface area contributed by atoms with E-state index >= 15 is 0 Å². The Morgan fingerprint density at radius 2 is 1.88 bits per heavy atom. The summed E-state index contributed by atoms with van der Waals surface area (Å²) in [5, 5.41) is 0. The van der Waals surface area contributed by atoms with Gasteiger partial charge in [0, 0.05) is 19.2 Å². The summed E-state index contributed by atoms with van der Waals surface area (Å²) in [5.41, 5.74) is -0.400. The van der Waals surface area contributed by atoms with Gasteiger partial charge in [0.15, 0.2) is 0 Å². The first kappa shape index (κ1) is 21.2. The number of ether oxygens (including phenoxy) is 2. The quantitative estimate of drug-likeness (QED) is 0.647. The molecule has 0 N–H and O–H groups in total. The molecule has 5 aliphatic rings. The molecular formula is C21H26F3N5O4. The molecule has 33 heavy (non-hydrogen) atoms. The predicted octanol–water partition coefficient (Wildman–Crippen LogP) is 0.752. The molecule has 0 spiro atoms. The van der Waals surface area contributed by atoms with Crippen LogP contribution in [-0.2, 0) is 20.8 Å². The number of hydrogen-bond donors (Lipinski definition) is 0. The zero-order valence-electron chi connectivity index (χ0n) is 18.0. The Morgan fingerprint density at radius 3 is 2.52 bits per heavy atom. The van der Waals surface area contributed by atoms with Gasteiger partial charge in [0.05, 0.1) is 44.1 Å². The van der Waals surface area contributed by atoms with Crippen LogP contribution in [0.2, 0.25) is 0 Å². The normalized spacial score (nSPS) is 33.1. The van der Waals surface area contributed by atoms with E-state index in [9.17, 15) is 22.8 Å². The Balaban J connectivity index is 1.35. The van der Waals surface area contributed by atoms with Crippen LogP contribution in [0.4, 0.5) is 24.9 Å². The molecule has 180 valence electrons. The largest absolute Gasteiger partial charge is 0.408 e. The lowest BCUT2D eigenvalue weighted by molar-refractivity contribution is -0.155. The van der Waals surface area contributed by atoms with Gasteiger partial charge in [0.25, 0.3) is 5.56 Å². The molecule has 1 aromatic heterocycles. The van der Waals surface area contributed by atoms with Crippen molar-refractivity contribution < 1.29 is 27.4 Å². The number of carbonyl (C=O) groups is 1. The molecule has 12 heteroatoms. The van der Waals surface area contributed by atoms with Gasteiger partial charge in [-0.1, -0.05) is 0 Å². The maximum atomic E-state index is 14.0. The highest BCUT2D eigenvalue weighted by Crippen LogP contribution is 2.37. The minimum atomic E-state index is -4.55. The Labute approximate surface area is 188 Å². The van der Waals surface area contributed by atoms with Gasteiger partial charge in [0.1, 0.15) is 18.4 Å². The number of aromatic nitrogens is 2. The number of alkyl halides is 3. The fraction of sp³-hybridized carbons (Fsp3) is 0.762. The van der Waals surface area contributed by atoms with Gasteiger partial charge in [-0.05, 0) is 25.7 Å². The molecule has 5 atom stereocenters. The molecule has 5 aliphatic heterocycles. The molecule has 6 rings (SSSR count). The van der Waals surface area contributed by atoms with Crippen molar-refractivity contribution in [3.63, 3.8) is 0 Å². The molecule has 4 fully saturated rings. The van der Waals surface area contributed by atoms with Crippen molar-refractivity contribution >= 4 is 17.7 Å². The Kier molecular flexibility index (Phi) is 4.88. The van der Waals surface area contributed by atoms with Gasteiger partial charge >= 0.3 is 6.18 Å². The van der Waals surface area contributed by atoms with Crippen LogP contribution >= 0.6 is 0 Å². The third-order valence-corrected chi connectivity index (χ3v) is 7.64. The zero-order chi connectivity index (χ0) is 22.9. The first-order chi connectivity index (χ1) is 15.8. The third-order valence-electron chi connectivity index (χ3n) is 7.64. The first-order valence-corrected chi connectivity index (χ1v) is 11.5. The van der Waals surface area contributed by atoms with Crippen molar-refractivity contribution in [3.05, 3.63) is 16.4 Å². The van der Waals surface area contributed by atoms with Crippen LogP contribution in [0.25, 0.3) is 0 Å². The molecule has 0 saturated carbocycles. The van der Waals surface area contributed by atoms with Crippen molar-refractivity contribution in [1.29, 1.82) is 0 Å². The van der Waals surface area contributed by atoms with E-state index in [2.05, 4.69) is 4.98 Å². The number of morpholine rings is 2. The predicted molar refractivity (Wildman–Crippen MR) is 110 cm³/mol. The van der Waals surface area contributed by atoms with Crippen LogP contribution in [-0.4, -0.2) is 89.7 Å². The number of amides is 1. The lowest BCUT2D eigenvalue weighted by atomic mass is 10.1. The molecule has 3 unspecified atom stereocenters. The summed E-state index contributed by atoms with van der Waals surface area (Å²) in [6, 6.07) is -0.633. The second-order valence-corrected chi connectivity index (χ2v) is 9.60. The highest BCUT2D eigenvalue weighted by Gasteiger charge is 2.49. The van der Waals surface area contributed by atoms with Crippen molar-refractivity contribution in [1.82, 2.24) is 14.5 Å². The third kappa shape index (κ3) is 3.49. The lowest BCUT2D eigenvalue weighted by Gasteiger charge is -2.41. The van der Waals surface area contributed by atoms with Crippen molar-refractivity contribution in [2.24, 2.45) is 0 Å². The summed E-state index contributed by atoms with van der Waals surface area (Å²) in [7, 11) is 0. The average Bonchev–Trinajstić information content (AvgIpc) is 3.46. The van der Waals surface area contributed by atoms with E-state index in [0.717, 1.165) is 24.2 Å². The molecule has 0 aliphatic carbocycles. The van der Waals surface area contributed by atoms with E-state index in [0.29, 0.717) is 32.2 Å². The summed E-state index contributed by atoms with van der Waals surface area (Å²) in [5.74, 6) is -0.0979. The van der Waals surface area contributed by atoms with Crippen LogP contribution in [0, 0.1) is 0 Å². The summed E-state index contributed by atoms with van der Waals surface area (Å²) in [6.45, 7) is 1.32. The molecule has 4 saturated heterocycles. The minimum Gasteiger partial charge on any atom is -0.377 e. The number of halogens is 3. The van der Waals surface area contributed by atoms with Crippen molar-refractivity contribution in [2.75, 3.05) is 42.7 Å². The molecule has 4 bridgehead atoms. The maximum Gasteiger partial charge on any atom is 0.408 e. The number of carbonyl (C=O) groups excluding carboxylic acids is 1. The van der Waals surface area contributed by atoms with Gasteiger partial charge in [0.2, 0.25) is 11.9 Å². The first-order valence-electron chi connectivity index (χ1n) is 11.5. The zero-order valence-corrected chi connectivity index (χ0v) is 18.0. The second kappa shape index (κ2) is 7.59. The smallest absolute Gasteiger partial charge is 0.377 e. The van der Waals surface area contributed by atoms with E-state index < -0.39 is 24.3 Å². The van der Waals surface area contributed by atoms with Gasteiger partial charge in [-0.15, -0.1) is 0 Å². The Bertz CT molecular complexity index is 1000. The molecule has 1 aromatic rings. The highest BCUT2D eigenvalue weighted by atomic mass is 19.4. The van der Waals surface area contributed by atoms with Crippen LogP contribution in [0.3, 0.4) is 0 Å². The van der Waals surface area contributed by atoms with Crippen LogP contribution in [0.5, 0.6) is 0 Å². The topological polar surface area (TPSA) is 80.1 Å². The number of rotatable bonds is 3. The minimum absolute atomic E-state index is 0.0491. The second-order valence-electron chi connectivity index (χ2n) is 9.60. The number of nitrogens with zero attached hydrogens (tertiary/aromatic N) is 5. The molecule has 6 heterocycles. The van der Waals surface area contributed by atoms with Gasteiger partial charge in [-0.25, -0.2) is 0 Å². The van der Waals surface area contributed by atoms with Crippen LogP contribution in [0.15, 0.2) is 10.9 Å². The van der Waals surface area contributed by atoms with Crippen LogP contribution < -0.4 is 15.4 Å². The standard InChI is InChI=1S/C21H26F3N5O4/c22-21(23,24)16-3-4-26-18(30)6-17(27-7-15-5-14(27)11-33-15)25-20(26)28(16)8-19(31)29-12-1-2-13(29)10-32-9-12/h6,12-16H,1-5,7-11H2/t12-,13?,14-,15?,16?/m0/s1. The van der Waals surface area contributed by atoms with E-state index in [-0.39, 0.29) is 49.1 Å². The maximum absolute atomic E-state index is 14.0. The van der Waals surface area contributed by atoms with E-state index in [1.54, 1.807) is 4.90 Å². The molecule has 0 radical (unpaired) electrons. The fourth-order valence-electron chi connectivity index (χ4n) is 6.07. The van der Waals surface area contributed by atoms with E-state index in [1.807, 2.05) is 4.90 Å². The summed E-state index contributed by atoms with van der Waals surface area (Å²) < 4.78 is 54.5. The number of hydrogen-bond acceptors (Lipinski definition) is 7. The van der Waals surface area contributed by atoms with Crippen molar-refractivity contribution in [2.45, 2.75) is 68.7 Å². The lowest BCUT2D eigenvalue weighted by Crippen LogP contribution is -2.58. The molecule has 0 aromatic carbocycles. The van der Waals surface area contributed by atoms with Crippen LogP contribution in [0.1, 0.15) is 25.7 Å². The fourth-order valence-corrected chi connectivity index (χ4v) is 6.07. The monoisotopic (exact) mass is 469 g/mol. The SMILES string of the molecule is O=C(CN1c2nc(N3CC4C[C@H]3CO4)cc(=O)n2CCC1C(F)(F)F)N1C2CC[C@H]1COC2. The molecule has 9 nitrogen and oxygen atoms in total. The summed E-state index contributed by atoms with van der Waals surface area (Å²) >= 11 is 0.